The first kappa shape index (κ1) is 21.8. The number of hydrogen-bond donors (Lipinski definition) is 1. The van der Waals surface area contributed by atoms with E-state index in [9.17, 15) is 13.2 Å². The molecule has 3 rings (SSSR count). The van der Waals surface area contributed by atoms with E-state index in [0.717, 1.165) is 29.2 Å². The van der Waals surface area contributed by atoms with Crippen LogP contribution in [0.15, 0.2) is 29.6 Å². The maximum absolute atomic E-state index is 12.8. The fourth-order valence-electron chi connectivity index (χ4n) is 3.22. The van der Waals surface area contributed by atoms with Crippen LogP contribution in [0, 0.1) is 5.92 Å². The lowest BCUT2D eigenvalue weighted by Crippen LogP contribution is -2.41. The normalized spacial score (nSPS) is 17.4. The number of rotatable bonds is 8. The predicted molar refractivity (Wildman–Crippen MR) is 115 cm³/mol. The van der Waals surface area contributed by atoms with Crippen LogP contribution in [0.2, 0.25) is 0 Å². The molecule has 2 aromatic rings. The Morgan fingerprint density at radius 2 is 2.07 bits per heavy atom. The number of nitrogens with one attached hydrogen (secondary N) is 1. The molecule has 0 saturated carbocycles. The maximum atomic E-state index is 12.8. The molecule has 8 heteroatoms. The molecule has 2 atom stereocenters. The van der Waals surface area contributed by atoms with E-state index in [1.165, 1.54) is 18.3 Å². The van der Waals surface area contributed by atoms with E-state index >= 15 is 0 Å². The second kappa shape index (κ2) is 9.26. The van der Waals surface area contributed by atoms with Crippen LogP contribution in [0.1, 0.15) is 55.9 Å². The van der Waals surface area contributed by atoms with Gasteiger partial charge in [0.1, 0.15) is 11.0 Å². The van der Waals surface area contributed by atoms with Gasteiger partial charge in [-0.15, -0.1) is 11.3 Å². The van der Waals surface area contributed by atoms with Gasteiger partial charge in [-0.2, -0.15) is 0 Å². The van der Waals surface area contributed by atoms with Crippen LogP contribution in [0.5, 0.6) is 5.75 Å². The molecular formula is C21H28N2O4S2. The second-order valence-corrected chi connectivity index (χ2v) is 11.1. The minimum Gasteiger partial charge on any atom is -0.493 e. The van der Waals surface area contributed by atoms with Crippen molar-refractivity contribution >= 4 is 27.1 Å². The monoisotopic (exact) mass is 436 g/mol. The lowest BCUT2D eigenvalue weighted by molar-refractivity contribution is -0.121. The second-order valence-electron chi connectivity index (χ2n) is 7.85. The molecule has 0 fully saturated rings. The highest BCUT2D eigenvalue weighted by Gasteiger charge is 2.32. The number of carbonyl (C=O) groups is 1. The maximum Gasteiger partial charge on any atom is 0.238 e. The van der Waals surface area contributed by atoms with Crippen LogP contribution in [0.25, 0.3) is 0 Å². The van der Waals surface area contributed by atoms with E-state index in [-0.39, 0.29) is 11.8 Å². The largest absolute Gasteiger partial charge is 0.493 e. The number of nitrogens with zero attached hydrogens (tertiary/aromatic N) is 1. The van der Waals surface area contributed by atoms with E-state index < -0.39 is 21.0 Å². The molecule has 0 radical (unpaired) electrons. The average molecular weight is 437 g/mol. The fourth-order valence-corrected chi connectivity index (χ4v) is 5.34. The van der Waals surface area contributed by atoms with Gasteiger partial charge >= 0.3 is 0 Å². The molecule has 1 aliphatic heterocycles. The summed E-state index contributed by atoms with van der Waals surface area (Å²) >= 11 is 1.48. The SMILES string of the molecule is CC(C)CCc1nc(CS(=O)(=O)[C@H](C)C(=O)N[C@H]2CCOc3ccccc32)cs1. The van der Waals surface area contributed by atoms with Crippen molar-refractivity contribution in [1.29, 1.82) is 0 Å². The number of aromatic nitrogens is 1. The summed E-state index contributed by atoms with van der Waals surface area (Å²) in [7, 11) is -3.66. The van der Waals surface area contributed by atoms with Crippen molar-refractivity contribution < 1.29 is 17.9 Å². The van der Waals surface area contributed by atoms with Crippen molar-refractivity contribution in [3.8, 4) is 5.75 Å². The van der Waals surface area contributed by atoms with Gasteiger partial charge in [0.2, 0.25) is 5.91 Å². The van der Waals surface area contributed by atoms with Crippen molar-refractivity contribution in [2.75, 3.05) is 6.61 Å². The van der Waals surface area contributed by atoms with Crippen molar-refractivity contribution in [1.82, 2.24) is 10.3 Å². The molecule has 158 valence electrons. The molecule has 0 spiro atoms. The Hall–Kier alpha value is -1.93. The van der Waals surface area contributed by atoms with Crippen molar-refractivity contribution in [2.24, 2.45) is 5.92 Å². The number of hydrogen-bond acceptors (Lipinski definition) is 6. The van der Waals surface area contributed by atoms with Crippen LogP contribution in [-0.4, -0.2) is 31.2 Å². The molecule has 0 unspecified atom stereocenters. The zero-order chi connectivity index (χ0) is 21.0. The Bertz CT molecular complexity index is 953. The smallest absolute Gasteiger partial charge is 0.238 e. The van der Waals surface area contributed by atoms with E-state index in [0.29, 0.717) is 24.6 Å². The summed E-state index contributed by atoms with van der Waals surface area (Å²) in [5, 5.41) is 4.48. The molecule has 0 bridgehead atoms. The van der Waals surface area contributed by atoms with E-state index in [1.54, 1.807) is 5.38 Å². The van der Waals surface area contributed by atoms with Gasteiger partial charge in [0.25, 0.3) is 0 Å². The van der Waals surface area contributed by atoms with Gasteiger partial charge < -0.3 is 10.1 Å². The Labute approximate surface area is 176 Å². The van der Waals surface area contributed by atoms with E-state index in [1.807, 2.05) is 24.3 Å². The Kier molecular flexibility index (Phi) is 6.95. The molecule has 1 amide bonds. The zero-order valence-corrected chi connectivity index (χ0v) is 18.7. The molecule has 2 heterocycles. The van der Waals surface area contributed by atoms with E-state index in [2.05, 4.69) is 24.1 Å². The van der Waals surface area contributed by atoms with Gasteiger partial charge in [0, 0.05) is 17.4 Å². The molecule has 1 N–H and O–H groups in total. The Morgan fingerprint density at radius 1 is 1.31 bits per heavy atom. The van der Waals surface area contributed by atoms with Gasteiger partial charge in [-0.05, 0) is 31.7 Å². The summed E-state index contributed by atoms with van der Waals surface area (Å²) in [6.07, 6.45) is 2.48. The van der Waals surface area contributed by atoms with Crippen LogP contribution < -0.4 is 10.1 Å². The first-order valence-corrected chi connectivity index (χ1v) is 12.5. The van der Waals surface area contributed by atoms with Crippen molar-refractivity contribution in [2.45, 2.75) is 57.1 Å². The minimum absolute atomic E-state index is 0.218. The summed E-state index contributed by atoms with van der Waals surface area (Å²) < 4.78 is 31.2. The summed E-state index contributed by atoms with van der Waals surface area (Å²) in [6, 6.07) is 7.26. The average Bonchev–Trinajstić information content (AvgIpc) is 3.12. The fraction of sp³-hybridized carbons (Fsp3) is 0.524. The summed E-state index contributed by atoms with van der Waals surface area (Å²) in [5.41, 5.74) is 1.40. The minimum atomic E-state index is -3.66. The number of aryl methyl sites for hydroxylation is 1. The third kappa shape index (κ3) is 5.57. The molecule has 0 aliphatic carbocycles. The molecule has 0 saturated heterocycles. The summed E-state index contributed by atoms with van der Waals surface area (Å²) in [5.74, 6) is 0.604. The van der Waals surface area contributed by atoms with Crippen LogP contribution in [0.3, 0.4) is 0 Å². The number of fused-ring (bicyclic) bond motifs is 1. The molecule has 1 aromatic heterocycles. The molecular weight excluding hydrogens is 408 g/mol. The van der Waals surface area contributed by atoms with Gasteiger partial charge in [-0.25, -0.2) is 13.4 Å². The first-order chi connectivity index (χ1) is 13.8. The topological polar surface area (TPSA) is 85.4 Å². The van der Waals surface area contributed by atoms with Crippen molar-refractivity contribution in [3.05, 3.63) is 45.9 Å². The summed E-state index contributed by atoms with van der Waals surface area (Å²) in [6.45, 7) is 6.23. The molecule has 29 heavy (non-hydrogen) atoms. The van der Waals surface area contributed by atoms with Crippen molar-refractivity contribution in [3.63, 3.8) is 0 Å². The summed E-state index contributed by atoms with van der Waals surface area (Å²) in [4.78, 5) is 17.1. The van der Waals surface area contributed by atoms with Crippen LogP contribution in [-0.2, 0) is 26.8 Å². The number of carbonyl (C=O) groups excluding carboxylic acids is 1. The third-order valence-electron chi connectivity index (χ3n) is 5.07. The third-order valence-corrected chi connectivity index (χ3v) is 8.01. The highest BCUT2D eigenvalue weighted by Crippen LogP contribution is 2.31. The standard InChI is InChI=1S/C21H28N2O4S2/c1-14(2)8-9-20-22-16(12-28-20)13-29(25,26)15(3)21(24)23-18-10-11-27-19-7-5-4-6-17(18)19/h4-7,12,14-15,18H,8-11,13H2,1-3H3,(H,23,24)/t15-,18+/m1/s1. The van der Waals surface area contributed by atoms with Gasteiger partial charge in [-0.3, -0.25) is 4.79 Å². The lowest BCUT2D eigenvalue weighted by Gasteiger charge is -2.27. The van der Waals surface area contributed by atoms with Gasteiger partial charge in [0.05, 0.1) is 29.1 Å². The van der Waals surface area contributed by atoms with Crippen LogP contribution >= 0.6 is 11.3 Å². The zero-order valence-electron chi connectivity index (χ0n) is 17.1. The predicted octanol–water partition coefficient (Wildman–Crippen LogP) is 3.68. The number of ether oxygens (including phenoxy) is 1. The number of benzene rings is 1. The quantitative estimate of drug-likeness (QED) is 0.682. The Balaban J connectivity index is 1.63. The molecule has 1 aliphatic rings. The lowest BCUT2D eigenvalue weighted by atomic mass is 10.0. The van der Waals surface area contributed by atoms with Crippen LogP contribution in [0.4, 0.5) is 0 Å². The molecule has 6 nitrogen and oxygen atoms in total. The number of sulfone groups is 1. The van der Waals surface area contributed by atoms with E-state index in [4.69, 9.17) is 4.74 Å². The number of thiazole rings is 1. The van der Waals surface area contributed by atoms with Gasteiger partial charge in [0.15, 0.2) is 9.84 Å². The Morgan fingerprint density at radius 3 is 2.83 bits per heavy atom. The van der Waals surface area contributed by atoms with Gasteiger partial charge in [-0.1, -0.05) is 32.0 Å². The number of amides is 1. The molecule has 1 aromatic carbocycles. The number of para-hydroxylation sites is 1. The highest BCUT2D eigenvalue weighted by molar-refractivity contribution is 7.92. The highest BCUT2D eigenvalue weighted by atomic mass is 32.2. The first-order valence-electron chi connectivity index (χ1n) is 9.93.